The van der Waals surface area contributed by atoms with Crippen LogP contribution in [0.4, 0.5) is 5.69 Å². The summed E-state index contributed by atoms with van der Waals surface area (Å²) in [6.45, 7) is 8.13. The first-order valence-corrected chi connectivity index (χ1v) is 7.28. The number of hydrogen-bond donors (Lipinski definition) is 2. The summed E-state index contributed by atoms with van der Waals surface area (Å²) in [7, 11) is 0. The van der Waals surface area contributed by atoms with Crippen molar-refractivity contribution < 1.29 is 9.90 Å². The fraction of sp³-hybridized carbons (Fsp3) is 0.562. The molecule has 0 aromatic heterocycles. The maximum absolute atomic E-state index is 12.4. The molecule has 2 N–H and O–H groups in total. The molecule has 1 saturated heterocycles. The summed E-state index contributed by atoms with van der Waals surface area (Å²) in [6.07, 6.45) is 2.30. The number of aryl methyl sites for hydroxylation is 1. The minimum atomic E-state index is -0.142. The number of aromatic hydroxyl groups is 1. The van der Waals surface area contributed by atoms with Crippen LogP contribution in [0.2, 0.25) is 0 Å². The minimum absolute atomic E-state index is 0.00990. The van der Waals surface area contributed by atoms with Gasteiger partial charge in [-0.3, -0.25) is 9.69 Å². The monoisotopic (exact) mass is 276 g/mol. The van der Waals surface area contributed by atoms with E-state index in [0.29, 0.717) is 12.1 Å². The van der Waals surface area contributed by atoms with Crippen molar-refractivity contribution in [2.24, 2.45) is 0 Å². The molecule has 0 radical (unpaired) electrons. The first kappa shape index (κ1) is 14.9. The lowest BCUT2D eigenvalue weighted by Gasteiger charge is -2.31. The number of phenolic OH excluding ortho intramolecular Hbond substituents is 1. The van der Waals surface area contributed by atoms with E-state index in [0.717, 1.165) is 24.1 Å². The summed E-state index contributed by atoms with van der Waals surface area (Å²) in [5.41, 5.74) is 1.50. The average Bonchev–Trinajstić information content (AvgIpc) is 2.72. The molecule has 4 nitrogen and oxygen atoms in total. The zero-order valence-electron chi connectivity index (χ0n) is 12.7. The highest BCUT2D eigenvalue weighted by Gasteiger charge is 2.34. The molecule has 1 fully saturated rings. The smallest absolute Gasteiger partial charge is 0.241 e. The van der Waals surface area contributed by atoms with Crippen molar-refractivity contribution in [1.29, 1.82) is 0 Å². The fourth-order valence-corrected chi connectivity index (χ4v) is 3.09. The van der Waals surface area contributed by atoms with Gasteiger partial charge in [-0.2, -0.15) is 0 Å². The largest absolute Gasteiger partial charge is 0.508 e. The maximum atomic E-state index is 12.4. The quantitative estimate of drug-likeness (QED) is 0.835. The Morgan fingerprint density at radius 2 is 1.95 bits per heavy atom. The molecular weight excluding hydrogens is 252 g/mol. The second-order valence-corrected chi connectivity index (χ2v) is 5.89. The molecule has 3 atom stereocenters. The summed E-state index contributed by atoms with van der Waals surface area (Å²) in [5, 5.41) is 12.4. The van der Waals surface area contributed by atoms with Crippen LogP contribution in [0.25, 0.3) is 0 Å². The predicted octanol–water partition coefficient (Wildman–Crippen LogP) is 2.90. The van der Waals surface area contributed by atoms with Gasteiger partial charge >= 0.3 is 0 Å². The van der Waals surface area contributed by atoms with E-state index in [1.54, 1.807) is 18.2 Å². The number of carbonyl (C=O) groups is 1. The van der Waals surface area contributed by atoms with Gasteiger partial charge in [-0.05, 0) is 64.3 Å². The van der Waals surface area contributed by atoms with Crippen LogP contribution in [-0.4, -0.2) is 34.0 Å². The number of rotatable bonds is 3. The molecule has 110 valence electrons. The molecule has 20 heavy (non-hydrogen) atoms. The second-order valence-electron chi connectivity index (χ2n) is 5.89. The summed E-state index contributed by atoms with van der Waals surface area (Å²) in [5.74, 6) is 0.258. The molecule has 0 spiro atoms. The van der Waals surface area contributed by atoms with Gasteiger partial charge in [0, 0.05) is 17.8 Å². The van der Waals surface area contributed by atoms with E-state index in [-0.39, 0.29) is 17.7 Å². The summed E-state index contributed by atoms with van der Waals surface area (Å²) in [4.78, 5) is 14.7. The molecular formula is C16H24N2O2. The number of amides is 1. The van der Waals surface area contributed by atoms with Crippen LogP contribution in [0.1, 0.15) is 39.2 Å². The molecule has 1 aromatic rings. The lowest BCUT2D eigenvalue weighted by Crippen LogP contribution is -2.46. The van der Waals surface area contributed by atoms with Crippen molar-refractivity contribution in [3.63, 3.8) is 0 Å². The van der Waals surface area contributed by atoms with Gasteiger partial charge in [0.25, 0.3) is 0 Å². The first-order chi connectivity index (χ1) is 9.40. The Hall–Kier alpha value is -1.55. The fourth-order valence-electron chi connectivity index (χ4n) is 3.09. The van der Waals surface area contributed by atoms with Gasteiger partial charge in [-0.1, -0.05) is 0 Å². The van der Waals surface area contributed by atoms with Crippen molar-refractivity contribution in [2.75, 3.05) is 5.32 Å². The van der Waals surface area contributed by atoms with Crippen molar-refractivity contribution >= 4 is 11.6 Å². The summed E-state index contributed by atoms with van der Waals surface area (Å²) in [6, 6.07) is 5.88. The molecule has 1 aromatic carbocycles. The van der Waals surface area contributed by atoms with Gasteiger partial charge in [-0.25, -0.2) is 0 Å². The number of phenols is 1. The van der Waals surface area contributed by atoms with Crippen LogP contribution in [0, 0.1) is 6.92 Å². The number of carbonyl (C=O) groups excluding carboxylic acids is 1. The van der Waals surface area contributed by atoms with Crippen LogP contribution in [0.15, 0.2) is 18.2 Å². The number of hydrogen-bond acceptors (Lipinski definition) is 3. The van der Waals surface area contributed by atoms with Crippen LogP contribution in [0.5, 0.6) is 5.75 Å². The van der Waals surface area contributed by atoms with Crippen molar-refractivity contribution in [2.45, 2.75) is 58.7 Å². The number of nitrogens with zero attached hydrogens (tertiary/aromatic N) is 1. The van der Waals surface area contributed by atoms with Gasteiger partial charge in [0.05, 0.1) is 6.04 Å². The number of benzene rings is 1. The van der Waals surface area contributed by atoms with Crippen molar-refractivity contribution in [3.05, 3.63) is 23.8 Å². The SMILES string of the molecule is Cc1cc(NC(=O)C(C)N2C(C)CCC2C)ccc1O. The van der Waals surface area contributed by atoms with E-state index in [4.69, 9.17) is 0 Å². The van der Waals surface area contributed by atoms with E-state index in [2.05, 4.69) is 24.1 Å². The number of anilines is 1. The summed E-state index contributed by atoms with van der Waals surface area (Å²) >= 11 is 0. The number of nitrogens with one attached hydrogen (secondary N) is 1. The van der Waals surface area contributed by atoms with E-state index in [9.17, 15) is 9.90 Å². The van der Waals surface area contributed by atoms with Gasteiger partial charge < -0.3 is 10.4 Å². The summed E-state index contributed by atoms with van der Waals surface area (Å²) < 4.78 is 0. The lowest BCUT2D eigenvalue weighted by molar-refractivity contribution is -0.121. The highest BCUT2D eigenvalue weighted by atomic mass is 16.3. The van der Waals surface area contributed by atoms with E-state index in [1.165, 1.54) is 0 Å². The zero-order valence-corrected chi connectivity index (χ0v) is 12.7. The van der Waals surface area contributed by atoms with Crippen LogP contribution in [0.3, 0.4) is 0 Å². The van der Waals surface area contributed by atoms with Crippen LogP contribution >= 0.6 is 0 Å². The van der Waals surface area contributed by atoms with Crippen molar-refractivity contribution in [3.8, 4) is 5.75 Å². The average molecular weight is 276 g/mol. The van der Waals surface area contributed by atoms with E-state index < -0.39 is 0 Å². The molecule has 1 aliphatic rings. The van der Waals surface area contributed by atoms with E-state index >= 15 is 0 Å². The van der Waals surface area contributed by atoms with E-state index in [1.807, 2.05) is 13.8 Å². The highest BCUT2D eigenvalue weighted by Crippen LogP contribution is 2.27. The Kier molecular flexibility index (Phi) is 4.33. The standard InChI is InChI=1S/C16H24N2O2/c1-10-9-14(7-8-15(10)19)17-16(20)13(4)18-11(2)5-6-12(18)3/h7-9,11-13,19H,5-6H2,1-4H3,(H,17,20). The van der Waals surface area contributed by atoms with Crippen LogP contribution < -0.4 is 5.32 Å². The topological polar surface area (TPSA) is 52.6 Å². The lowest BCUT2D eigenvalue weighted by atomic mass is 10.1. The Bertz CT molecular complexity index is 491. The predicted molar refractivity (Wildman–Crippen MR) is 80.9 cm³/mol. The Labute approximate surface area is 120 Å². The molecule has 1 amide bonds. The van der Waals surface area contributed by atoms with Gasteiger partial charge in [0.2, 0.25) is 5.91 Å². The molecule has 2 rings (SSSR count). The minimum Gasteiger partial charge on any atom is -0.508 e. The molecule has 3 unspecified atom stereocenters. The molecule has 1 aliphatic heterocycles. The number of likely N-dealkylation sites (tertiary alicyclic amines) is 1. The van der Waals surface area contributed by atoms with Gasteiger partial charge in [0.1, 0.15) is 5.75 Å². The highest BCUT2D eigenvalue weighted by molar-refractivity contribution is 5.94. The third-order valence-corrected chi connectivity index (χ3v) is 4.31. The second kappa shape index (κ2) is 5.83. The Morgan fingerprint density at radius 3 is 2.50 bits per heavy atom. The van der Waals surface area contributed by atoms with Gasteiger partial charge in [-0.15, -0.1) is 0 Å². The zero-order chi connectivity index (χ0) is 14.9. The third kappa shape index (κ3) is 2.96. The van der Waals surface area contributed by atoms with Gasteiger partial charge in [0.15, 0.2) is 0 Å². The van der Waals surface area contributed by atoms with Crippen LogP contribution in [-0.2, 0) is 4.79 Å². The Morgan fingerprint density at radius 1 is 1.35 bits per heavy atom. The third-order valence-electron chi connectivity index (χ3n) is 4.31. The molecule has 0 saturated carbocycles. The molecule has 1 heterocycles. The first-order valence-electron chi connectivity index (χ1n) is 7.28. The molecule has 0 aliphatic carbocycles. The maximum Gasteiger partial charge on any atom is 0.241 e. The molecule has 0 bridgehead atoms. The Balaban J connectivity index is 2.05. The van der Waals surface area contributed by atoms with Crippen molar-refractivity contribution in [1.82, 2.24) is 4.90 Å². The molecule has 4 heteroatoms. The normalized spacial score (nSPS) is 24.6.